The van der Waals surface area contributed by atoms with E-state index < -0.39 is 10.0 Å². The molecule has 0 unspecified atom stereocenters. The molecule has 8 heteroatoms. The summed E-state index contributed by atoms with van der Waals surface area (Å²) in [7, 11) is -3.63. The van der Waals surface area contributed by atoms with E-state index in [9.17, 15) is 8.42 Å². The van der Waals surface area contributed by atoms with E-state index in [0.717, 1.165) is 5.56 Å². The van der Waals surface area contributed by atoms with E-state index >= 15 is 0 Å². The van der Waals surface area contributed by atoms with Gasteiger partial charge in [0.2, 0.25) is 5.88 Å². The van der Waals surface area contributed by atoms with Crippen LogP contribution in [-0.2, 0) is 16.6 Å². The van der Waals surface area contributed by atoms with Crippen molar-refractivity contribution < 1.29 is 13.2 Å². The lowest BCUT2D eigenvalue weighted by atomic mass is 10.2. The fourth-order valence-electron chi connectivity index (χ4n) is 2.48. The highest BCUT2D eigenvalue weighted by Crippen LogP contribution is 2.33. The van der Waals surface area contributed by atoms with Gasteiger partial charge in [0.05, 0.1) is 30.0 Å². The van der Waals surface area contributed by atoms with Gasteiger partial charge in [-0.1, -0.05) is 18.2 Å². The molecule has 3 aromatic rings. The molecule has 4 rings (SSSR count). The molecule has 1 aliphatic heterocycles. The van der Waals surface area contributed by atoms with E-state index in [1.165, 1.54) is 22.9 Å². The van der Waals surface area contributed by atoms with Gasteiger partial charge in [-0.15, -0.1) is 0 Å². The Labute approximate surface area is 138 Å². The lowest BCUT2D eigenvalue weighted by Crippen LogP contribution is -2.24. The van der Waals surface area contributed by atoms with E-state index in [1.54, 1.807) is 36.5 Å². The van der Waals surface area contributed by atoms with Crippen LogP contribution in [-0.4, -0.2) is 23.4 Å². The summed E-state index contributed by atoms with van der Waals surface area (Å²) in [6, 6.07) is 10.3. The van der Waals surface area contributed by atoms with Crippen LogP contribution in [0.2, 0.25) is 0 Å². The maximum atomic E-state index is 12.7. The van der Waals surface area contributed by atoms with E-state index in [1.807, 2.05) is 6.07 Å². The Kier molecular flexibility index (Phi) is 3.39. The standard InChI is InChI=1S/C16H12N4O3S/c21-24(22)14-6-2-1-4-12(14)11-20(24)15-9-18-10-16(19-15)23-13-5-3-7-17-8-13/h1-10H,11H2. The monoisotopic (exact) mass is 340 g/mol. The van der Waals surface area contributed by atoms with Gasteiger partial charge in [-0.25, -0.2) is 12.7 Å². The zero-order valence-electron chi connectivity index (χ0n) is 12.4. The van der Waals surface area contributed by atoms with Crippen LogP contribution >= 0.6 is 0 Å². The van der Waals surface area contributed by atoms with Crippen molar-refractivity contribution in [2.24, 2.45) is 0 Å². The molecular formula is C16H12N4O3S. The first-order chi connectivity index (χ1) is 11.6. The molecule has 0 aliphatic carbocycles. The first-order valence-corrected chi connectivity index (χ1v) is 8.59. The molecule has 0 bridgehead atoms. The second-order valence-corrected chi connectivity index (χ2v) is 6.96. The summed E-state index contributed by atoms with van der Waals surface area (Å²) in [5.74, 6) is 0.913. The molecule has 0 N–H and O–H groups in total. The van der Waals surface area contributed by atoms with E-state index in [2.05, 4.69) is 15.0 Å². The fraction of sp³-hybridized carbons (Fsp3) is 0.0625. The van der Waals surface area contributed by atoms with Crippen molar-refractivity contribution in [2.75, 3.05) is 4.31 Å². The number of benzene rings is 1. The summed E-state index contributed by atoms with van der Waals surface area (Å²) in [6.45, 7) is 0.226. The minimum Gasteiger partial charge on any atom is -0.436 e. The molecule has 2 aromatic heterocycles. The largest absolute Gasteiger partial charge is 0.436 e. The molecule has 1 aromatic carbocycles. The Morgan fingerprint density at radius 3 is 2.67 bits per heavy atom. The van der Waals surface area contributed by atoms with Gasteiger partial charge < -0.3 is 4.74 Å². The van der Waals surface area contributed by atoms with Crippen LogP contribution in [0.15, 0.2) is 66.1 Å². The summed E-state index contributed by atoms with van der Waals surface area (Å²) < 4.78 is 32.1. The third-order valence-corrected chi connectivity index (χ3v) is 5.42. The maximum Gasteiger partial charge on any atom is 0.266 e. The number of rotatable bonds is 3. The van der Waals surface area contributed by atoms with E-state index in [-0.39, 0.29) is 18.2 Å². The molecule has 0 saturated carbocycles. The highest BCUT2D eigenvalue weighted by Gasteiger charge is 2.35. The first-order valence-electron chi connectivity index (χ1n) is 7.15. The molecule has 120 valence electrons. The van der Waals surface area contributed by atoms with Crippen molar-refractivity contribution in [1.29, 1.82) is 0 Å². The van der Waals surface area contributed by atoms with Gasteiger partial charge in [0.25, 0.3) is 10.0 Å². The van der Waals surface area contributed by atoms with E-state index in [4.69, 9.17) is 4.74 Å². The molecule has 1 aliphatic rings. The number of hydrogen-bond acceptors (Lipinski definition) is 6. The molecule has 24 heavy (non-hydrogen) atoms. The van der Waals surface area contributed by atoms with Crippen LogP contribution < -0.4 is 9.04 Å². The third kappa shape index (κ3) is 2.46. The van der Waals surface area contributed by atoms with Crippen molar-refractivity contribution in [3.8, 4) is 11.6 Å². The van der Waals surface area contributed by atoms with Crippen molar-refractivity contribution in [3.63, 3.8) is 0 Å². The summed E-state index contributed by atoms with van der Waals surface area (Å²) >= 11 is 0. The van der Waals surface area contributed by atoms with Crippen LogP contribution in [0.5, 0.6) is 11.6 Å². The van der Waals surface area contributed by atoms with Gasteiger partial charge in [-0.3, -0.25) is 9.97 Å². The third-order valence-electron chi connectivity index (χ3n) is 3.57. The van der Waals surface area contributed by atoms with Crippen molar-refractivity contribution >= 4 is 15.8 Å². The fourth-order valence-corrected chi connectivity index (χ4v) is 4.08. The van der Waals surface area contributed by atoms with Crippen molar-refractivity contribution in [1.82, 2.24) is 15.0 Å². The molecule has 0 spiro atoms. The molecular weight excluding hydrogens is 328 g/mol. The minimum atomic E-state index is -3.63. The number of sulfonamides is 1. The number of anilines is 1. The zero-order valence-corrected chi connectivity index (χ0v) is 13.2. The topological polar surface area (TPSA) is 85.3 Å². The number of pyridine rings is 1. The van der Waals surface area contributed by atoms with Crippen molar-refractivity contribution in [3.05, 3.63) is 66.7 Å². The quantitative estimate of drug-likeness (QED) is 0.728. The lowest BCUT2D eigenvalue weighted by Gasteiger charge is -2.16. The smallest absolute Gasteiger partial charge is 0.266 e. The molecule has 0 saturated heterocycles. The number of hydrogen-bond donors (Lipinski definition) is 0. The summed E-state index contributed by atoms with van der Waals surface area (Å²) in [6.07, 6.45) is 5.99. The van der Waals surface area contributed by atoms with Gasteiger partial charge in [0, 0.05) is 6.20 Å². The molecule has 0 atom stereocenters. The van der Waals surface area contributed by atoms with Gasteiger partial charge in [-0.05, 0) is 23.8 Å². The highest BCUT2D eigenvalue weighted by molar-refractivity contribution is 7.93. The Bertz CT molecular complexity index is 993. The number of nitrogens with zero attached hydrogens (tertiary/aromatic N) is 4. The molecule has 0 radical (unpaired) electrons. The summed E-state index contributed by atoms with van der Waals surface area (Å²) in [5, 5.41) is 0. The van der Waals surface area contributed by atoms with Crippen LogP contribution in [0.3, 0.4) is 0 Å². The van der Waals surface area contributed by atoms with Crippen LogP contribution in [0.4, 0.5) is 5.82 Å². The number of fused-ring (bicyclic) bond motifs is 1. The van der Waals surface area contributed by atoms with Gasteiger partial charge in [0.1, 0.15) is 5.75 Å². The summed E-state index contributed by atoms with van der Waals surface area (Å²) in [4.78, 5) is 12.6. The maximum absolute atomic E-state index is 12.7. The minimum absolute atomic E-state index is 0.201. The van der Waals surface area contributed by atoms with Crippen LogP contribution in [0, 0.1) is 0 Å². The Morgan fingerprint density at radius 2 is 1.88 bits per heavy atom. The normalized spacial score (nSPS) is 15.1. The number of aromatic nitrogens is 3. The predicted molar refractivity (Wildman–Crippen MR) is 86.2 cm³/mol. The second-order valence-electron chi connectivity index (χ2n) is 5.13. The van der Waals surface area contributed by atoms with E-state index in [0.29, 0.717) is 10.6 Å². The van der Waals surface area contributed by atoms with Crippen LogP contribution in [0.25, 0.3) is 0 Å². The van der Waals surface area contributed by atoms with Gasteiger partial charge in [0.15, 0.2) is 5.82 Å². The average Bonchev–Trinajstić information content (AvgIpc) is 2.88. The second kappa shape index (κ2) is 5.57. The number of ether oxygens (including phenoxy) is 1. The Balaban J connectivity index is 1.68. The predicted octanol–water partition coefficient (Wildman–Crippen LogP) is 2.37. The molecule has 7 nitrogen and oxygen atoms in total. The average molecular weight is 340 g/mol. The Hall–Kier alpha value is -3.00. The van der Waals surface area contributed by atoms with Crippen LogP contribution in [0.1, 0.15) is 5.56 Å². The first kappa shape index (κ1) is 14.6. The lowest BCUT2D eigenvalue weighted by molar-refractivity contribution is 0.458. The molecule has 3 heterocycles. The zero-order chi connectivity index (χ0) is 16.6. The Morgan fingerprint density at radius 1 is 1.00 bits per heavy atom. The summed E-state index contributed by atoms with van der Waals surface area (Å²) in [5.41, 5.74) is 0.734. The van der Waals surface area contributed by atoms with Gasteiger partial charge >= 0.3 is 0 Å². The van der Waals surface area contributed by atoms with Crippen molar-refractivity contribution in [2.45, 2.75) is 11.4 Å². The molecule has 0 fully saturated rings. The SMILES string of the molecule is O=S1(=O)c2ccccc2CN1c1cncc(Oc2cccnc2)n1. The highest BCUT2D eigenvalue weighted by atomic mass is 32.2. The molecule has 0 amide bonds. The van der Waals surface area contributed by atoms with Gasteiger partial charge in [-0.2, -0.15) is 4.98 Å².